The minimum atomic E-state index is -0.866. The van der Waals surface area contributed by atoms with Crippen molar-refractivity contribution in [1.29, 1.82) is 0 Å². The summed E-state index contributed by atoms with van der Waals surface area (Å²) in [6.07, 6.45) is 49.5. The van der Waals surface area contributed by atoms with E-state index in [0.29, 0.717) is 19.4 Å². The Bertz CT molecular complexity index is 895. The van der Waals surface area contributed by atoms with E-state index in [-0.39, 0.29) is 18.5 Å². The zero-order valence-corrected chi connectivity index (χ0v) is 34.0. The van der Waals surface area contributed by atoms with Crippen molar-refractivity contribution in [2.45, 2.75) is 219 Å². The van der Waals surface area contributed by atoms with Crippen molar-refractivity contribution >= 4 is 11.9 Å². The number of aliphatic hydroxyl groups excluding tert-OH is 2. The van der Waals surface area contributed by atoms with Crippen LogP contribution in [0.5, 0.6) is 0 Å². The summed E-state index contributed by atoms with van der Waals surface area (Å²) in [5.41, 5.74) is 0. The van der Waals surface area contributed by atoms with Crippen LogP contribution < -0.4 is 5.32 Å². The van der Waals surface area contributed by atoms with Crippen LogP contribution in [-0.2, 0) is 14.3 Å². The summed E-state index contributed by atoms with van der Waals surface area (Å²) in [4.78, 5) is 24.3. The molecule has 0 aromatic rings. The number of aliphatic hydroxyl groups is 2. The minimum absolute atomic E-state index is 0.0549. The SMILES string of the molecule is CCCC/C=C\C/C=C\CCCCCCCC(=O)OCCCC/C=C\CCCCCCC(=O)NC(CO)C(O)/C=C/CCCCCCCCCCC. The van der Waals surface area contributed by atoms with E-state index in [2.05, 4.69) is 55.6 Å². The molecule has 3 N–H and O–H groups in total. The maximum Gasteiger partial charge on any atom is 0.305 e. The number of carbonyl (C=O) groups is 2. The third-order valence-electron chi connectivity index (χ3n) is 9.56. The molecule has 0 aliphatic heterocycles. The molecule has 0 rings (SSSR count). The zero-order valence-electron chi connectivity index (χ0n) is 34.0. The summed E-state index contributed by atoms with van der Waals surface area (Å²) >= 11 is 0. The van der Waals surface area contributed by atoms with Gasteiger partial charge in [-0.2, -0.15) is 0 Å². The first kappa shape index (κ1) is 49.8. The van der Waals surface area contributed by atoms with Crippen LogP contribution in [0.4, 0.5) is 0 Å². The van der Waals surface area contributed by atoms with Crippen LogP contribution >= 0.6 is 0 Å². The molecule has 2 atom stereocenters. The van der Waals surface area contributed by atoms with Crippen LogP contribution in [0.3, 0.4) is 0 Å². The molecule has 0 aliphatic rings. The average Bonchev–Trinajstić information content (AvgIpc) is 3.14. The van der Waals surface area contributed by atoms with Gasteiger partial charge in [0.2, 0.25) is 5.91 Å². The first-order valence-electron chi connectivity index (χ1n) is 21.9. The number of rotatable bonds is 39. The summed E-state index contributed by atoms with van der Waals surface area (Å²) in [7, 11) is 0. The third kappa shape index (κ3) is 37.6. The predicted molar refractivity (Wildman–Crippen MR) is 222 cm³/mol. The van der Waals surface area contributed by atoms with Crippen LogP contribution in [0, 0.1) is 0 Å². The van der Waals surface area contributed by atoms with Crippen molar-refractivity contribution in [3.8, 4) is 0 Å². The third-order valence-corrected chi connectivity index (χ3v) is 9.56. The second kappa shape index (κ2) is 41.6. The molecule has 0 aromatic carbocycles. The van der Waals surface area contributed by atoms with E-state index < -0.39 is 12.1 Å². The lowest BCUT2D eigenvalue weighted by Crippen LogP contribution is -2.45. The molecule has 52 heavy (non-hydrogen) atoms. The number of ether oxygens (including phenoxy) is 1. The van der Waals surface area contributed by atoms with Crippen LogP contribution in [-0.4, -0.2) is 47.4 Å². The van der Waals surface area contributed by atoms with Crippen LogP contribution in [0.1, 0.15) is 206 Å². The van der Waals surface area contributed by atoms with Gasteiger partial charge in [0.25, 0.3) is 0 Å². The Balaban J connectivity index is 3.60. The molecule has 6 nitrogen and oxygen atoms in total. The number of nitrogens with one attached hydrogen (secondary N) is 1. The highest BCUT2D eigenvalue weighted by Gasteiger charge is 2.17. The number of hydrogen-bond acceptors (Lipinski definition) is 5. The Kier molecular flexibility index (Phi) is 39.8. The summed E-state index contributed by atoms with van der Waals surface area (Å²) in [6.45, 7) is 4.72. The molecule has 302 valence electrons. The zero-order chi connectivity index (χ0) is 38.0. The fraction of sp³-hybridized carbons (Fsp3) is 0.783. The number of amides is 1. The molecule has 1 amide bonds. The second-order valence-corrected chi connectivity index (χ2v) is 14.7. The Morgan fingerprint density at radius 2 is 0.981 bits per heavy atom. The van der Waals surface area contributed by atoms with Gasteiger partial charge in [0, 0.05) is 12.8 Å². The minimum Gasteiger partial charge on any atom is -0.466 e. The Morgan fingerprint density at radius 1 is 0.538 bits per heavy atom. The lowest BCUT2D eigenvalue weighted by atomic mass is 10.1. The topological polar surface area (TPSA) is 95.9 Å². The smallest absolute Gasteiger partial charge is 0.305 e. The van der Waals surface area contributed by atoms with E-state index in [1.165, 1.54) is 89.9 Å². The molecule has 0 fully saturated rings. The second-order valence-electron chi connectivity index (χ2n) is 14.7. The highest BCUT2D eigenvalue weighted by molar-refractivity contribution is 5.76. The molecule has 2 unspecified atom stereocenters. The first-order valence-corrected chi connectivity index (χ1v) is 21.9. The van der Waals surface area contributed by atoms with Crippen molar-refractivity contribution in [3.05, 3.63) is 48.6 Å². The van der Waals surface area contributed by atoms with Gasteiger partial charge in [-0.3, -0.25) is 9.59 Å². The van der Waals surface area contributed by atoms with Gasteiger partial charge in [0.05, 0.1) is 25.4 Å². The van der Waals surface area contributed by atoms with Gasteiger partial charge in [-0.1, -0.05) is 159 Å². The molecule has 0 bridgehead atoms. The van der Waals surface area contributed by atoms with E-state index in [0.717, 1.165) is 89.9 Å². The Hall–Kier alpha value is -2.18. The lowest BCUT2D eigenvalue weighted by molar-refractivity contribution is -0.143. The summed E-state index contributed by atoms with van der Waals surface area (Å²) in [5.74, 6) is -0.164. The monoisotopic (exact) mass is 730 g/mol. The first-order chi connectivity index (χ1) is 25.5. The van der Waals surface area contributed by atoms with Crippen molar-refractivity contribution in [2.75, 3.05) is 13.2 Å². The van der Waals surface area contributed by atoms with Crippen molar-refractivity contribution in [1.82, 2.24) is 5.32 Å². The van der Waals surface area contributed by atoms with Crippen molar-refractivity contribution in [2.24, 2.45) is 0 Å². The van der Waals surface area contributed by atoms with Gasteiger partial charge < -0.3 is 20.3 Å². The van der Waals surface area contributed by atoms with Gasteiger partial charge in [0.15, 0.2) is 0 Å². The van der Waals surface area contributed by atoms with Gasteiger partial charge in [-0.25, -0.2) is 0 Å². The molecular formula is C46H83NO5. The molecule has 0 radical (unpaired) electrons. The molecule has 0 saturated heterocycles. The normalized spacial score (nSPS) is 13.2. The molecule has 0 heterocycles. The van der Waals surface area contributed by atoms with Gasteiger partial charge in [-0.05, 0) is 83.5 Å². The largest absolute Gasteiger partial charge is 0.466 e. The lowest BCUT2D eigenvalue weighted by Gasteiger charge is -2.20. The van der Waals surface area contributed by atoms with Crippen LogP contribution in [0.25, 0.3) is 0 Å². The molecule has 0 aromatic heterocycles. The summed E-state index contributed by atoms with van der Waals surface area (Å²) in [6, 6.07) is -0.653. The van der Waals surface area contributed by atoms with E-state index in [1.807, 2.05) is 6.08 Å². The quantitative estimate of drug-likeness (QED) is 0.0332. The van der Waals surface area contributed by atoms with Gasteiger partial charge in [-0.15, -0.1) is 0 Å². The molecule has 0 spiro atoms. The number of carbonyl (C=O) groups excluding carboxylic acids is 2. The van der Waals surface area contributed by atoms with E-state index in [1.54, 1.807) is 6.08 Å². The Labute approximate surface area is 321 Å². The Morgan fingerprint density at radius 3 is 1.54 bits per heavy atom. The molecular weight excluding hydrogens is 647 g/mol. The van der Waals surface area contributed by atoms with Crippen molar-refractivity contribution < 1.29 is 24.5 Å². The van der Waals surface area contributed by atoms with E-state index in [9.17, 15) is 19.8 Å². The highest BCUT2D eigenvalue weighted by atomic mass is 16.5. The molecule has 6 heteroatoms. The fourth-order valence-corrected chi connectivity index (χ4v) is 6.11. The number of hydrogen-bond donors (Lipinski definition) is 3. The van der Waals surface area contributed by atoms with Crippen LogP contribution in [0.15, 0.2) is 48.6 Å². The van der Waals surface area contributed by atoms with Crippen molar-refractivity contribution in [3.63, 3.8) is 0 Å². The number of unbranched alkanes of at least 4 members (excludes halogenated alkanes) is 22. The summed E-state index contributed by atoms with van der Waals surface area (Å²) in [5, 5.41) is 22.9. The standard InChI is InChI=1S/C46H83NO5/c1-3-5-7-9-11-13-15-16-17-19-24-28-32-36-40-46(51)52-41-37-33-29-25-21-20-23-27-31-35-39-45(50)47-43(42-48)44(49)38-34-30-26-22-18-14-12-10-8-6-4-2/h9,11,15-16,21,25,34,38,43-44,48-49H,3-8,10,12-14,17-20,22-24,26-33,35-37,39-42H2,1-2H3,(H,47,50)/b11-9-,16-15-,25-21-,38-34+. The number of esters is 1. The maximum atomic E-state index is 12.3. The number of allylic oxidation sites excluding steroid dienone is 7. The average molecular weight is 730 g/mol. The molecule has 0 saturated carbocycles. The highest BCUT2D eigenvalue weighted by Crippen LogP contribution is 2.12. The fourth-order valence-electron chi connectivity index (χ4n) is 6.11. The van der Waals surface area contributed by atoms with Gasteiger partial charge in [0.1, 0.15) is 0 Å². The maximum absolute atomic E-state index is 12.3. The predicted octanol–water partition coefficient (Wildman–Crippen LogP) is 12.3. The van der Waals surface area contributed by atoms with E-state index >= 15 is 0 Å². The van der Waals surface area contributed by atoms with E-state index in [4.69, 9.17) is 4.74 Å². The van der Waals surface area contributed by atoms with Crippen LogP contribution in [0.2, 0.25) is 0 Å². The summed E-state index contributed by atoms with van der Waals surface area (Å²) < 4.78 is 5.40. The molecule has 0 aliphatic carbocycles. The van der Waals surface area contributed by atoms with Gasteiger partial charge >= 0.3 is 5.97 Å².